The Morgan fingerprint density at radius 3 is 1.24 bits per heavy atom. The lowest BCUT2D eigenvalue weighted by Crippen LogP contribution is -2.74. The second-order valence-corrected chi connectivity index (χ2v) is 14.9. The molecule has 0 bridgehead atoms. The van der Waals surface area contributed by atoms with Crippen molar-refractivity contribution >= 4 is 28.8 Å². The first-order chi connectivity index (χ1) is 16.1. The predicted octanol–water partition coefficient (Wildman–Crippen LogP) is 5.54. The van der Waals surface area contributed by atoms with Crippen molar-refractivity contribution in [3.05, 3.63) is 115 Å². The van der Waals surface area contributed by atoms with Crippen molar-refractivity contribution in [3.63, 3.8) is 0 Å². The highest BCUT2D eigenvalue weighted by Gasteiger charge is 2.41. The van der Waals surface area contributed by atoms with Crippen LogP contribution in [0.25, 0.3) is 0 Å². The smallest absolute Gasteiger partial charge is 0.179 e. The van der Waals surface area contributed by atoms with Crippen molar-refractivity contribution in [1.82, 2.24) is 0 Å². The van der Waals surface area contributed by atoms with Crippen LogP contribution in [0.4, 0.5) is 0 Å². The van der Waals surface area contributed by atoms with Crippen molar-refractivity contribution in [3.8, 4) is 5.75 Å². The quantitative estimate of drug-likeness (QED) is 0.278. The normalized spacial score (nSPS) is 12.4. The van der Waals surface area contributed by atoms with Gasteiger partial charge >= 0.3 is 0 Å². The summed E-state index contributed by atoms with van der Waals surface area (Å²) in [4.78, 5) is 0. The van der Waals surface area contributed by atoms with Gasteiger partial charge in [-0.15, -0.1) is 0 Å². The summed E-state index contributed by atoms with van der Waals surface area (Å²) < 4.78 is 6.16. The molecule has 174 valence electrons. The summed E-state index contributed by atoms with van der Waals surface area (Å²) in [6.07, 6.45) is 0. The number of hydrogen-bond donors (Lipinski definition) is 0. The predicted molar refractivity (Wildman–Crippen MR) is 149 cm³/mol. The van der Waals surface area contributed by atoms with Crippen LogP contribution in [0.1, 0.15) is 47.1 Å². The van der Waals surface area contributed by atoms with Crippen molar-refractivity contribution in [2.75, 3.05) is 0 Å². The zero-order valence-corrected chi connectivity index (χ0v) is 22.3. The van der Waals surface area contributed by atoms with Gasteiger partial charge in [0.25, 0.3) is 0 Å². The maximum atomic E-state index is 6.16. The van der Waals surface area contributed by atoms with E-state index in [-0.39, 0.29) is 11.0 Å². The summed E-state index contributed by atoms with van der Waals surface area (Å²) in [5.74, 6) is 0.906. The van der Waals surface area contributed by atoms with Gasteiger partial charge in [-0.25, -0.2) is 0 Å². The molecule has 0 aliphatic rings. The van der Waals surface area contributed by atoms with Crippen LogP contribution < -0.4 is 25.5 Å². The van der Waals surface area contributed by atoms with Gasteiger partial charge in [0.1, 0.15) is 11.4 Å². The highest BCUT2D eigenvalue weighted by atomic mass is 28.3. The average molecular weight is 465 g/mol. The zero-order valence-electron chi connectivity index (χ0n) is 21.3. The van der Waals surface area contributed by atoms with Gasteiger partial charge in [-0.05, 0) is 64.6 Å². The van der Waals surface area contributed by atoms with Crippen LogP contribution in [0.3, 0.4) is 0 Å². The summed E-state index contributed by atoms with van der Waals surface area (Å²) in [6.45, 7) is 13.1. The molecule has 34 heavy (non-hydrogen) atoms. The monoisotopic (exact) mass is 464 g/mol. The van der Waals surface area contributed by atoms with Gasteiger partial charge in [-0.3, -0.25) is 0 Å². The van der Waals surface area contributed by atoms with E-state index < -0.39 is 8.07 Å². The maximum absolute atomic E-state index is 6.16. The molecular formula is C32H36OSi. The van der Waals surface area contributed by atoms with Gasteiger partial charge in [0.2, 0.25) is 0 Å². The Balaban J connectivity index is 1.99. The molecule has 2 heteroatoms. The fraction of sp³-hybridized carbons (Fsp3) is 0.250. The van der Waals surface area contributed by atoms with Crippen LogP contribution >= 0.6 is 0 Å². The molecule has 0 saturated heterocycles. The molecule has 0 aliphatic heterocycles. The van der Waals surface area contributed by atoms with Crippen LogP contribution in [-0.4, -0.2) is 13.7 Å². The average Bonchev–Trinajstić information content (AvgIpc) is 2.81. The Bertz CT molecular complexity index is 1160. The molecule has 0 spiro atoms. The standard InChI is InChI=1S/C32H36OSi/c1-31(2,3)25-17-21-29(22-18-25)34(27-13-9-7-10-14-27,28-15-11-8-12-16-28)30-23-19-26(20-24-30)33-32(4,5)6/h7-24H,1-6H3. The lowest BCUT2D eigenvalue weighted by atomic mass is 9.87. The largest absolute Gasteiger partial charge is 0.488 e. The van der Waals surface area contributed by atoms with Crippen LogP contribution in [0.2, 0.25) is 0 Å². The molecule has 0 fully saturated rings. The van der Waals surface area contributed by atoms with Gasteiger partial charge < -0.3 is 4.74 Å². The summed E-state index contributed by atoms with van der Waals surface area (Å²) in [7, 11) is -2.52. The Labute approximate surface area is 206 Å². The highest BCUT2D eigenvalue weighted by molar-refractivity contribution is 7.19. The number of rotatable bonds is 5. The van der Waals surface area contributed by atoms with Gasteiger partial charge in [-0.1, -0.05) is 118 Å². The van der Waals surface area contributed by atoms with Crippen molar-refractivity contribution in [1.29, 1.82) is 0 Å². The van der Waals surface area contributed by atoms with Gasteiger partial charge in [0, 0.05) is 0 Å². The molecule has 1 nitrogen and oxygen atoms in total. The van der Waals surface area contributed by atoms with E-state index in [4.69, 9.17) is 4.74 Å². The van der Waals surface area contributed by atoms with Crippen LogP contribution in [0, 0.1) is 0 Å². The van der Waals surface area contributed by atoms with Crippen LogP contribution in [-0.2, 0) is 5.41 Å². The molecule has 0 aromatic heterocycles. The van der Waals surface area contributed by atoms with E-state index in [9.17, 15) is 0 Å². The second-order valence-electron chi connectivity index (χ2n) is 11.0. The molecule has 0 atom stereocenters. The summed E-state index contributed by atoms with van der Waals surface area (Å²) in [6, 6.07) is 40.3. The van der Waals surface area contributed by atoms with E-state index in [1.54, 1.807) is 0 Å². The van der Waals surface area contributed by atoms with E-state index in [1.165, 1.54) is 26.3 Å². The third-order valence-corrected chi connectivity index (χ3v) is 11.1. The molecule has 0 radical (unpaired) electrons. The Morgan fingerprint density at radius 2 is 0.853 bits per heavy atom. The first kappa shape index (κ1) is 24.0. The molecule has 0 saturated carbocycles. The molecule has 4 aromatic carbocycles. The van der Waals surface area contributed by atoms with Crippen molar-refractivity contribution < 1.29 is 4.74 Å². The molecule has 4 aromatic rings. The molecule has 0 amide bonds. The van der Waals surface area contributed by atoms with Gasteiger partial charge in [0.05, 0.1) is 0 Å². The number of benzene rings is 4. The Hall–Kier alpha value is -3.10. The number of ether oxygens (including phenoxy) is 1. The van der Waals surface area contributed by atoms with Crippen molar-refractivity contribution in [2.45, 2.75) is 52.6 Å². The molecule has 0 heterocycles. The number of hydrogen-bond acceptors (Lipinski definition) is 1. The van der Waals surface area contributed by atoms with E-state index in [1.807, 2.05) is 0 Å². The minimum atomic E-state index is -2.52. The van der Waals surface area contributed by atoms with Gasteiger partial charge in [-0.2, -0.15) is 0 Å². The molecular weight excluding hydrogens is 428 g/mol. The van der Waals surface area contributed by atoms with E-state index in [0.717, 1.165) is 5.75 Å². The minimum absolute atomic E-state index is 0.119. The summed E-state index contributed by atoms with van der Waals surface area (Å²) in [5.41, 5.74) is 1.25. The highest BCUT2D eigenvalue weighted by Crippen LogP contribution is 2.22. The van der Waals surface area contributed by atoms with E-state index in [2.05, 4.69) is 151 Å². The fourth-order valence-electron chi connectivity index (χ4n) is 4.72. The first-order valence-electron chi connectivity index (χ1n) is 12.1. The van der Waals surface area contributed by atoms with E-state index >= 15 is 0 Å². The summed E-state index contributed by atoms with van der Waals surface area (Å²) >= 11 is 0. The summed E-state index contributed by atoms with van der Waals surface area (Å²) in [5, 5.41) is 5.51. The maximum Gasteiger partial charge on any atom is 0.179 e. The molecule has 0 unspecified atom stereocenters. The zero-order chi connectivity index (χ0) is 24.4. The fourth-order valence-corrected chi connectivity index (χ4v) is 9.44. The van der Waals surface area contributed by atoms with Crippen LogP contribution in [0.5, 0.6) is 5.75 Å². The Morgan fingerprint density at radius 1 is 0.471 bits per heavy atom. The lowest BCUT2D eigenvalue weighted by molar-refractivity contribution is 0.131. The Kier molecular flexibility index (Phi) is 6.55. The second kappa shape index (κ2) is 9.27. The molecule has 0 aliphatic carbocycles. The van der Waals surface area contributed by atoms with Crippen LogP contribution in [0.15, 0.2) is 109 Å². The minimum Gasteiger partial charge on any atom is -0.488 e. The van der Waals surface area contributed by atoms with E-state index in [0.29, 0.717) is 0 Å². The molecule has 4 rings (SSSR count). The lowest BCUT2D eigenvalue weighted by Gasteiger charge is -2.35. The van der Waals surface area contributed by atoms with Gasteiger partial charge in [0.15, 0.2) is 8.07 Å². The first-order valence-corrected chi connectivity index (χ1v) is 14.1. The SMILES string of the molecule is CC(C)(C)Oc1ccc([Si](c2ccccc2)(c2ccccc2)c2ccc(C(C)(C)C)cc2)cc1. The topological polar surface area (TPSA) is 9.23 Å². The molecule has 0 N–H and O–H groups in total. The third kappa shape index (κ3) is 4.88. The van der Waals surface area contributed by atoms with Crippen molar-refractivity contribution in [2.24, 2.45) is 0 Å². The third-order valence-electron chi connectivity index (χ3n) is 6.31.